The van der Waals surface area contributed by atoms with Gasteiger partial charge in [-0.05, 0) is 55.7 Å². The minimum atomic E-state index is -0.0307. The number of rotatable bonds is 5. The van der Waals surface area contributed by atoms with Crippen molar-refractivity contribution in [2.75, 3.05) is 0 Å². The molecule has 4 rings (SSSR count). The van der Waals surface area contributed by atoms with Crippen molar-refractivity contribution in [3.8, 4) is 6.07 Å². The number of fused-ring (bicyclic) bond motifs is 3. The Morgan fingerprint density at radius 2 is 2.00 bits per heavy atom. The molecule has 0 saturated carbocycles. The van der Waals surface area contributed by atoms with Crippen LogP contribution in [0, 0.1) is 25.2 Å². The Morgan fingerprint density at radius 3 is 2.83 bits per heavy atom. The van der Waals surface area contributed by atoms with Crippen LogP contribution in [0.4, 0.5) is 0 Å². The predicted octanol–water partition coefficient (Wildman–Crippen LogP) is 3.62. The standard InChI is InChI=1S/C23H21N5O/c1-15-19(10-11-22(29)25-14-18-7-5-6-17(12-18)13-24)16(2)28-23(26-15)20-8-3-4-9-21(20)27-28/h3-9,12H,10-11,14H2,1-2H3,(H,25,29). The first-order valence-corrected chi connectivity index (χ1v) is 9.56. The Bertz CT molecular complexity index is 1270. The van der Waals surface area contributed by atoms with Gasteiger partial charge in [0.2, 0.25) is 5.91 Å². The van der Waals surface area contributed by atoms with Gasteiger partial charge in [0, 0.05) is 29.7 Å². The molecule has 6 nitrogen and oxygen atoms in total. The third-order valence-corrected chi connectivity index (χ3v) is 5.17. The second-order valence-corrected chi connectivity index (χ2v) is 7.10. The molecular weight excluding hydrogens is 362 g/mol. The molecular formula is C23H21N5O. The summed E-state index contributed by atoms with van der Waals surface area (Å²) >= 11 is 0. The van der Waals surface area contributed by atoms with Gasteiger partial charge < -0.3 is 5.32 Å². The first-order chi connectivity index (χ1) is 14.1. The molecule has 1 amide bonds. The van der Waals surface area contributed by atoms with E-state index in [2.05, 4.69) is 16.5 Å². The monoisotopic (exact) mass is 383 g/mol. The molecule has 2 aromatic heterocycles. The third kappa shape index (κ3) is 3.67. The minimum Gasteiger partial charge on any atom is -0.352 e. The Hall–Kier alpha value is -3.72. The summed E-state index contributed by atoms with van der Waals surface area (Å²) in [6, 6.07) is 17.3. The Morgan fingerprint density at radius 1 is 1.17 bits per heavy atom. The number of aryl methyl sites for hydroxylation is 2. The maximum atomic E-state index is 12.4. The smallest absolute Gasteiger partial charge is 0.220 e. The van der Waals surface area contributed by atoms with Crippen LogP contribution >= 0.6 is 0 Å². The van der Waals surface area contributed by atoms with E-state index in [0.29, 0.717) is 24.9 Å². The molecule has 0 fully saturated rings. The molecule has 0 saturated heterocycles. The lowest BCUT2D eigenvalue weighted by Crippen LogP contribution is -2.23. The fourth-order valence-electron chi connectivity index (χ4n) is 3.62. The number of nitriles is 1. The summed E-state index contributed by atoms with van der Waals surface area (Å²) in [7, 11) is 0. The maximum Gasteiger partial charge on any atom is 0.220 e. The molecule has 0 aliphatic carbocycles. The number of aromatic nitrogens is 3. The fraction of sp³-hybridized carbons (Fsp3) is 0.217. The van der Waals surface area contributed by atoms with Crippen molar-refractivity contribution in [2.45, 2.75) is 33.2 Å². The summed E-state index contributed by atoms with van der Waals surface area (Å²) in [6.45, 7) is 4.41. The summed E-state index contributed by atoms with van der Waals surface area (Å²) in [6.07, 6.45) is 0.967. The lowest BCUT2D eigenvalue weighted by molar-refractivity contribution is -0.121. The van der Waals surface area contributed by atoms with Crippen molar-refractivity contribution in [1.29, 1.82) is 5.26 Å². The van der Waals surface area contributed by atoms with E-state index < -0.39 is 0 Å². The summed E-state index contributed by atoms with van der Waals surface area (Å²) in [5.74, 6) is -0.0307. The lowest BCUT2D eigenvalue weighted by atomic mass is 10.1. The number of benzene rings is 2. The quantitative estimate of drug-likeness (QED) is 0.571. The van der Waals surface area contributed by atoms with Crippen LogP contribution in [-0.2, 0) is 17.8 Å². The van der Waals surface area contributed by atoms with Gasteiger partial charge in [-0.2, -0.15) is 10.4 Å². The number of nitrogens with zero attached hydrogens (tertiary/aromatic N) is 4. The molecule has 0 bridgehead atoms. The average Bonchev–Trinajstić information content (AvgIpc) is 3.11. The fourth-order valence-corrected chi connectivity index (χ4v) is 3.62. The van der Waals surface area contributed by atoms with Gasteiger partial charge in [0.05, 0.1) is 17.1 Å². The first-order valence-electron chi connectivity index (χ1n) is 9.56. The van der Waals surface area contributed by atoms with Gasteiger partial charge in [-0.25, -0.2) is 9.50 Å². The summed E-state index contributed by atoms with van der Waals surface area (Å²) in [5, 5.41) is 17.6. The second kappa shape index (κ2) is 7.72. The molecule has 0 atom stereocenters. The molecule has 0 radical (unpaired) electrons. The largest absolute Gasteiger partial charge is 0.352 e. The number of carbonyl (C=O) groups is 1. The van der Waals surface area contributed by atoms with Crippen molar-refractivity contribution < 1.29 is 4.79 Å². The van der Waals surface area contributed by atoms with Crippen molar-refractivity contribution in [1.82, 2.24) is 19.9 Å². The average molecular weight is 383 g/mol. The number of amides is 1. The highest BCUT2D eigenvalue weighted by atomic mass is 16.1. The van der Waals surface area contributed by atoms with E-state index in [4.69, 9.17) is 10.2 Å². The van der Waals surface area contributed by atoms with Crippen LogP contribution in [-0.4, -0.2) is 20.5 Å². The molecule has 6 heteroatoms. The zero-order valence-corrected chi connectivity index (χ0v) is 16.4. The van der Waals surface area contributed by atoms with Crippen molar-refractivity contribution >= 4 is 22.5 Å². The molecule has 29 heavy (non-hydrogen) atoms. The Kier molecular flexibility index (Phi) is 4.96. The molecule has 1 N–H and O–H groups in total. The molecule has 0 aliphatic rings. The lowest BCUT2D eigenvalue weighted by Gasteiger charge is -2.11. The molecule has 4 aromatic rings. The van der Waals surface area contributed by atoms with Gasteiger partial charge in [0.25, 0.3) is 0 Å². The van der Waals surface area contributed by atoms with Gasteiger partial charge in [-0.15, -0.1) is 0 Å². The third-order valence-electron chi connectivity index (χ3n) is 5.17. The molecule has 0 spiro atoms. The van der Waals surface area contributed by atoms with Crippen LogP contribution in [0.1, 0.15) is 34.5 Å². The SMILES string of the molecule is Cc1nc2c3ccccc3nn2c(C)c1CCC(=O)NCc1cccc(C#N)c1. The van der Waals surface area contributed by atoms with E-state index in [1.807, 2.05) is 54.8 Å². The molecule has 0 aliphatic heterocycles. The molecule has 2 heterocycles. The molecule has 144 valence electrons. The highest BCUT2D eigenvalue weighted by molar-refractivity contribution is 5.92. The van der Waals surface area contributed by atoms with Crippen molar-refractivity contribution in [2.24, 2.45) is 0 Å². The van der Waals surface area contributed by atoms with Crippen LogP contribution in [0.5, 0.6) is 0 Å². The number of hydrogen-bond acceptors (Lipinski definition) is 4. The van der Waals surface area contributed by atoms with Crippen molar-refractivity contribution in [3.05, 3.63) is 76.6 Å². The van der Waals surface area contributed by atoms with E-state index in [0.717, 1.165) is 39.1 Å². The minimum absolute atomic E-state index is 0.0307. The van der Waals surface area contributed by atoms with E-state index in [1.54, 1.807) is 12.1 Å². The van der Waals surface area contributed by atoms with Gasteiger partial charge in [-0.1, -0.05) is 24.3 Å². The zero-order chi connectivity index (χ0) is 20.4. The van der Waals surface area contributed by atoms with E-state index in [-0.39, 0.29) is 5.91 Å². The summed E-state index contributed by atoms with van der Waals surface area (Å²) in [4.78, 5) is 17.1. The van der Waals surface area contributed by atoms with E-state index in [9.17, 15) is 4.79 Å². The predicted molar refractivity (Wildman–Crippen MR) is 111 cm³/mol. The van der Waals surface area contributed by atoms with Crippen LogP contribution in [0.15, 0.2) is 48.5 Å². The number of hydrogen-bond donors (Lipinski definition) is 1. The zero-order valence-electron chi connectivity index (χ0n) is 16.4. The first kappa shape index (κ1) is 18.6. The highest BCUT2D eigenvalue weighted by Crippen LogP contribution is 2.22. The normalized spacial score (nSPS) is 10.9. The number of carbonyl (C=O) groups excluding carboxylic acids is 1. The van der Waals surface area contributed by atoms with Gasteiger partial charge in [-0.3, -0.25) is 4.79 Å². The molecule has 2 aromatic carbocycles. The topological polar surface area (TPSA) is 83.1 Å². The van der Waals surface area contributed by atoms with Crippen molar-refractivity contribution in [3.63, 3.8) is 0 Å². The van der Waals surface area contributed by atoms with Crippen LogP contribution in [0.3, 0.4) is 0 Å². The van der Waals surface area contributed by atoms with Crippen LogP contribution in [0.2, 0.25) is 0 Å². The van der Waals surface area contributed by atoms with Gasteiger partial charge in [0.1, 0.15) is 0 Å². The van der Waals surface area contributed by atoms with E-state index >= 15 is 0 Å². The second-order valence-electron chi connectivity index (χ2n) is 7.10. The summed E-state index contributed by atoms with van der Waals surface area (Å²) < 4.78 is 1.87. The van der Waals surface area contributed by atoms with Crippen LogP contribution < -0.4 is 5.32 Å². The Labute approximate surface area is 168 Å². The highest BCUT2D eigenvalue weighted by Gasteiger charge is 2.14. The van der Waals surface area contributed by atoms with Crippen LogP contribution in [0.25, 0.3) is 16.6 Å². The van der Waals surface area contributed by atoms with E-state index in [1.165, 1.54) is 0 Å². The Balaban J connectivity index is 1.48. The van der Waals surface area contributed by atoms with Gasteiger partial charge in [0.15, 0.2) is 5.65 Å². The van der Waals surface area contributed by atoms with Gasteiger partial charge >= 0.3 is 0 Å². The molecule has 0 unspecified atom stereocenters. The maximum absolute atomic E-state index is 12.4. The summed E-state index contributed by atoms with van der Waals surface area (Å²) in [5.41, 5.74) is 6.25. The number of nitrogens with one attached hydrogen (secondary N) is 1.